The number of para-hydroxylation sites is 1. The number of thioether (sulfide) groups is 1. The Bertz CT molecular complexity index is 454. The van der Waals surface area contributed by atoms with E-state index < -0.39 is 11.2 Å². The lowest BCUT2D eigenvalue weighted by Crippen LogP contribution is -2.42. The monoisotopic (exact) mass is 299 g/mol. The van der Waals surface area contributed by atoms with Crippen LogP contribution in [0, 0.1) is 0 Å². The Kier molecular flexibility index (Phi) is 6.69. The van der Waals surface area contributed by atoms with Crippen LogP contribution in [0.25, 0.3) is 0 Å². The first-order chi connectivity index (χ1) is 9.08. The molecule has 8 heteroatoms. The minimum Gasteiger partial charge on any atom is -0.481 e. The number of carbonyl (C=O) groups excluding carboxylic acids is 1. The predicted octanol–water partition coefficient (Wildman–Crippen LogP) is 1.81. The Labute approximate surface area is 119 Å². The van der Waals surface area contributed by atoms with E-state index in [-0.39, 0.29) is 17.3 Å². The molecule has 0 spiro atoms. The Balaban J connectivity index is 2.19. The highest BCUT2D eigenvalue weighted by molar-refractivity contribution is 8.13. The lowest BCUT2D eigenvalue weighted by Gasteiger charge is -2.10. The first-order valence-corrected chi connectivity index (χ1v) is 6.74. The van der Waals surface area contributed by atoms with E-state index in [2.05, 4.69) is 16.2 Å². The van der Waals surface area contributed by atoms with E-state index in [0.717, 1.165) is 17.4 Å². The lowest BCUT2D eigenvalue weighted by molar-refractivity contribution is -0.136. The van der Waals surface area contributed by atoms with Gasteiger partial charge in [0.05, 0.1) is 6.42 Å². The van der Waals surface area contributed by atoms with Gasteiger partial charge in [-0.05, 0) is 24.4 Å². The summed E-state index contributed by atoms with van der Waals surface area (Å²) >= 11 is 5.84. The molecule has 1 aromatic carbocycles. The maximum atomic E-state index is 11.3. The molecule has 1 aromatic rings. The molecular weight excluding hydrogens is 286 g/mol. The maximum absolute atomic E-state index is 11.3. The van der Waals surface area contributed by atoms with Crippen LogP contribution in [0.4, 0.5) is 10.5 Å². The summed E-state index contributed by atoms with van der Waals surface area (Å²) in [5.41, 5.74) is 5.67. The third-order valence-corrected chi connectivity index (χ3v) is 2.84. The van der Waals surface area contributed by atoms with E-state index >= 15 is 0 Å². The summed E-state index contributed by atoms with van der Waals surface area (Å²) in [4.78, 5) is 21.5. The molecule has 0 aliphatic heterocycles. The van der Waals surface area contributed by atoms with E-state index in [1.807, 2.05) is 30.3 Å². The minimum absolute atomic E-state index is 0.0647. The first-order valence-electron chi connectivity index (χ1n) is 5.34. The van der Waals surface area contributed by atoms with Crippen LogP contribution in [-0.4, -0.2) is 27.2 Å². The van der Waals surface area contributed by atoms with E-state index in [1.54, 1.807) is 0 Å². The van der Waals surface area contributed by atoms with Gasteiger partial charge in [-0.2, -0.15) is 0 Å². The zero-order valence-electron chi connectivity index (χ0n) is 9.88. The molecule has 1 amide bonds. The summed E-state index contributed by atoms with van der Waals surface area (Å²) in [6.45, 7) is 0. The van der Waals surface area contributed by atoms with Crippen molar-refractivity contribution in [3.8, 4) is 0 Å². The predicted molar refractivity (Wildman–Crippen MR) is 79.0 cm³/mol. The topological polar surface area (TPSA) is 90.5 Å². The van der Waals surface area contributed by atoms with Gasteiger partial charge in [0.15, 0.2) is 5.11 Å². The fraction of sp³-hybridized carbons (Fsp3) is 0.182. The van der Waals surface area contributed by atoms with Crippen LogP contribution in [0.2, 0.25) is 0 Å². The number of amides is 1. The van der Waals surface area contributed by atoms with Crippen molar-refractivity contribution in [2.45, 2.75) is 6.42 Å². The van der Waals surface area contributed by atoms with Crippen molar-refractivity contribution in [2.24, 2.45) is 0 Å². The molecule has 0 bridgehead atoms. The van der Waals surface area contributed by atoms with Gasteiger partial charge in [-0.1, -0.05) is 30.0 Å². The molecule has 102 valence electrons. The Hall–Kier alpha value is -1.80. The number of thiocarbonyl (C=S) groups is 1. The van der Waals surface area contributed by atoms with E-state index in [4.69, 9.17) is 17.3 Å². The Morgan fingerprint density at radius 2 is 1.89 bits per heavy atom. The highest BCUT2D eigenvalue weighted by Gasteiger charge is 2.04. The van der Waals surface area contributed by atoms with Crippen LogP contribution in [0.15, 0.2) is 30.3 Å². The molecule has 0 heterocycles. The molecule has 0 unspecified atom stereocenters. The molecule has 6 nitrogen and oxygen atoms in total. The molecular formula is C11H13N3O3S2. The molecule has 0 atom stereocenters. The molecule has 0 aromatic heterocycles. The molecule has 1 rings (SSSR count). The number of nitrogens with one attached hydrogen (secondary N) is 3. The Morgan fingerprint density at radius 3 is 2.53 bits per heavy atom. The highest BCUT2D eigenvalue weighted by atomic mass is 32.2. The number of aliphatic carboxylic acids is 1. The maximum Gasteiger partial charge on any atom is 0.304 e. The summed E-state index contributed by atoms with van der Waals surface area (Å²) in [6, 6.07) is 9.24. The third-order valence-electron chi connectivity index (χ3n) is 1.86. The van der Waals surface area contributed by atoms with Gasteiger partial charge >= 0.3 is 5.97 Å². The summed E-state index contributed by atoms with van der Waals surface area (Å²) in [6.07, 6.45) is -0.0647. The fourth-order valence-corrected chi connectivity index (χ4v) is 1.81. The van der Waals surface area contributed by atoms with Gasteiger partial charge in [-0.15, -0.1) is 0 Å². The number of carboxylic acids is 1. The first kappa shape index (κ1) is 15.3. The van der Waals surface area contributed by atoms with Crippen molar-refractivity contribution in [2.75, 3.05) is 11.1 Å². The summed E-state index contributed by atoms with van der Waals surface area (Å²) in [5.74, 6) is -0.726. The van der Waals surface area contributed by atoms with E-state index in [1.165, 1.54) is 0 Å². The number of carbonyl (C=O) groups is 2. The second-order valence-electron chi connectivity index (χ2n) is 3.35. The molecule has 0 aliphatic rings. The largest absolute Gasteiger partial charge is 0.481 e. The average molecular weight is 299 g/mol. The van der Waals surface area contributed by atoms with Crippen LogP contribution < -0.4 is 16.2 Å². The van der Waals surface area contributed by atoms with E-state index in [0.29, 0.717) is 0 Å². The molecule has 0 saturated heterocycles. The van der Waals surface area contributed by atoms with Crippen molar-refractivity contribution >= 4 is 46.0 Å². The van der Waals surface area contributed by atoms with Gasteiger partial charge in [0, 0.05) is 11.4 Å². The van der Waals surface area contributed by atoms with Crippen molar-refractivity contribution < 1.29 is 14.7 Å². The zero-order chi connectivity index (χ0) is 14.1. The van der Waals surface area contributed by atoms with Gasteiger partial charge in [0.25, 0.3) is 5.24 Å². The second kappa shape index (κ2) is 8.33. The number of hydrazine groups is 1. The zero-order valence-corrected chi connectivity index (χ0v) is 11.5. The SMILES string of the molecule is O=C(O)CCSC(=O)NNC(=S)Nc1ccccc1. The summed E-state index contributed by atoms with van der Waals surface area (Å²) in [5, 5.41) is 11.1. The number of hydrogen-bond acceptors (Lipinski definition) is 4. The molecule has 0 saturated carbocycles. The molecule has 0 fully saturated rings. The van der Waals surface area contributed by atoms with Crippen LogP contribution >= 0.6 is 24.0 Å². The second-order valence-corrected chi connectivity index (χ2v) is 4.83. The number of rotatable bonds is 4. The quantitative estimate of drug-likeness (QED) is 0.498. The normalized spacial score (nSPS) is 9.47. The molecule has 4 N–H and O–H groups in total. The van der Waals surface area contributed by atoms with Crippen LogP contribution in [0.5, 0.6) is 0 Å². The van der Waals surface area contributed by atoms with Crippen molar-refractivity contribution in [1.82, 2.24) is 10.9 Å². The number of carboxylic acid groups (broad SMARTS) is 1. The van der Waals surface area contributed by atoms with Crippen LogP contribution in [0.3, 0.4) is 0 Å². The Morgan fingerprint density at radius 1 is 1.21 bits per heavy atom. The fourth-order valence-electron chi connectivity index (χ4n) is 1.06. The number of hydrogen-bond donors (Lipinski definition) is 4. The smallest absolute Gasteiger partial charge is 0.304 e. The lowest BCUT2D eigenvalue weighted by atomic mass is 10.3. The van der Waals surface area contributed by atoms with Crippen molar-refractivity contribution in [3.05, 3.63) is 30.3 Å². The molecule has 0 aliphatic carbocycles. The van der Waals surface area contributed by atoms with Crippen molar-refractivity contribution in [1.29, 1.82) is 0 Å². The van der Waals surface area contributed by atoms with Gasteiger partial charge in [-0.25, -0.2) is 0 Å². The average Bonchev–Trinajstić information content (AvgIpc) is 2.37. The van der Waals surface area contributed by atoms with Gasteiger partial charge in [0.2, 0.25) is 0 Å². The van der Waals surface area contributed by atoms with Gasteiger partial charge in [0.1, 0.15) is 0 Å². The van der Waals surface area contributed by atoms with Crippen LogP contribution in [0.1, 0.15) is 6.42 Å². The van der Waals surface area contributed by atoms with Gasteiger partial charge in [-0.3, -0.25) is 20.4 Å². The van der Waals surface area contributed by atoms with Gasteiger partial charge < -0.3 is 10.4 Å². The van der Waals surface area contributed by atoms with E-state index in [9.17, 15) is 9.59 Å². The standard InChI is InChI=1S/C11H13N3O3S2/c15-9(16)6-7-19-11(17)14-13-10(18)12-8-4-2-1-3-5-8/h1-5H,6-7H2,(H,14,17)(H,15,16)(H2,12,13,18). The molecule has 19 heavy (non-hydrogen) atoms. The van der Waals surface area contributed by atoms with Crippen molar-refractivity contribution in [3.63, 3.8) is 0 Å². The number of anilines is 1. The minimum atomic E-state index is -0.936. The summed E-state index contributed by atoms with van der Waals surface area (Å²) < 4.78 is 0. The third kappa shape index (κ3) is 7.27. The summed E-state index contributed by atoms with van der Waals surface area (Å²) in [7, 11) is 0. The number of benzene rings is 1. The molecule has 0 radical (unpaired) electrons. The highest BCUT2D eigenvalue weighted by Crippen LogP contribution is 2.05. The van der Waals surface area contributed by atoms with Crippen LogP contribution in [-0.2, 0) is 4.79 Å².